The molecule has 0 aromatic carbocycles. The maximum atomic E-state index is 12.6. The van der Waals surface area contributed by atoms with Gasteiger partial charge < -0.3 is 20.1 Å². The van der Waals surface area contributed by atoms with Gasteiger partial charge in [0.1, 0.15) is 0 Å². The van der Waals surface area contributed by atoms with Crippen molar-refractivity contribution in [3.8, 4) is 0 Å². The molecular formula is C43H87NO5. The Hall–Kier alpha value is -0.690. The third-order valence-electron chi connectivity index (χ3n) is 10.3. The zero-order valence-electron chi connectivity index (χ0n) is 33.3. The molecule has 2 atom stereocenters. The number of aliphatic hydroxyl groups excluding tert-OH is 3. The van der Waals surface area contributed by atoms with Crippen molar-refractivity contribution in [3.05, 3.63) is 0 Å². The molecule has 0 aliphatic heterocycles. The highest BCUT2D eigenvalue weighted by molar-refractivity contribution is 5.69. The van der Waals surface area contributed by atoms with Crippen LogP contribution in [0.5, 0.6) is 0 Å². The summed E-state index contributed by atoms with van der Waals surface area (Å²) in [4.78, 5) is 14.7. The summed E-state index contributed by atoms with van der Waals surface area (Å²) in [7, 11) is 0. The van der Waals surface area contributed by atoms with Gasteiger partial charge in [0.15, 0.2) is 0 Å². The molecule has 0 radical (unpaired) electrons. The molecule has 0 saturated carbocycles. The van der Waals surface area contributed by atoms with Gasteiger partial charge in [-0.25, -0.2) is 0 Å². The van der Waals surface area contributed by atoms with E-state index < -0.39 is 6.10 Å². The van der Waals surface area contributed by atoms with E-state index in [1.807, 2.05) is 0 Å². The lowest BCUT2D eigenvalue weighted by Gasteiger charge is -2.27. The molecule has 0 spiro atoms. The second-order valence-electron chi connectivity index (χ2n) is 15.4. The summed E-state index contributed by atoms with van der Waals surface area (Å²) in [5.41, 5.74) is 0. The maximum Gasteiger partial charge on any atom is 0.305 e. The van der Waals surface area contributed by atoms with Crippen LogP contribution in [0.15, 0.2) is 0 Å². The van der Waals surface area contributed by atoms with E-state index in [-0.39, 0.29) is 18.7 Å². The van der Waals surface area contributed by atoms with Crippen LogP contribution in [0.2, 0.25) is 0 Å². The molecule has 0 aromatic rings. The number of unbranched alkanes of at least 4 members (excludes halogenated alkanes) is 21. The zero-order chi connectivity index (χ0) is 36.0. The Morgan fingerprint density at radius 3 is 1.29 bits per heavy atom. The molecule has 294 valence electrons. The quantitative estimate of drug-likeness (QED) is 0.0436. The van der Waals surface area contributed by atoms with Gasteiger partial charge in [-0.05, 0) is 44.4 Å². The van der Waals surface area contributed by atoms with Crippen molar-refractivity contribution in [1.82, 2.24) is 4.90 Å². The summed E-state index contributed by atoms with van der Waals surface area (Å²) in [5.74, 6) is 0.432. The maximum absolute atomic E-state index is 12.6. The van der Waals surface area contributed by atoms with Crippen molar-refractivity contribution >= 4 is 5.97 Å². The summed E-state index contributed by atoms with van der Waals surface area (Å²) in [5, 5.41) is 30.8. The molecule has 0 fully saturated rings. The number of ether oxygens (including phenoxy) is 1. The smallest absolute Gasteiger partial charge is 0.305 e. The number of aliphatic hydroxyl groups is 3. The highest BCUT2D eigenvalue weighted by Crippen LogP contribution is 2.21. The first-order valence-electron chi connectivity index (χ1n) is 21.8. The van der Waals surface area contributed by atoms with Gasteiger partial charge in [-0.3, -0.25) is 9.69 Å². The molecule has 6 nitrogen and oxygen atoms in total. The van der Waals surface area contributed by atoms with Crippen LogP contribution in [0.1, 0.15) is 220 Å². The van der Waals surface area contributed by atoms with Crippen molar-refractivity contribution in [3.63, 3.8) is 0 Å². The molecule has 0 aliphatic rings. The SMILES string of the molecule is CCCCCCCCCCCCC(O)CN(CCCO)CC(O)CCCCCC(=O)OCC(CCCCCCCC)CCCCCCCC. The lowest BCUT2D eigenvalue weighted by molar-refractivity contribution is -0.145. The van der Waals surface area contributed by atoms with Crippen LogP contribution in [-0.2, 0) is 9.53 Å². The number of esters is 1. The first kappa shape index (κ1) is 48.3. The van der Waals surface area contributed by atoms with Crippen molar-refractivity contribution in [1.29, 1.82) is 0 Å². The van der Waals surface area contributed by atoms with E-state index in [1.54, 1.807) is 0 Å². The second-order valence-corrected chi connectivity index (χ2v) is 15.4. The number of carbonyl (C=O) groups is 1. The van der Waals surface area contributed by atoms with E-state index in [2.05, 4.69) is 25.7 Å². The minimum absolute atomic E-state index is 0.0667. The Kier molecular flexibility index (Phi) is 38.0. The molecule has 0 heterocycles. The Balaban J connectivity index is 4.22. The normalized spacial score (nSPS) is 13.1. The average Bonchev–Trinajstić information content (AvgIpc) is 3.09. The molecule has 0 rings (SSSR count). The summed E-state index contributed by atoms with van der Waals surface area (Å²) in [6.07, 6.45) is 35.3. The van der Waals surface area contributed by atoms with Gasteiger partial charge in [0, 0.05) is 32.7 Å². The van der Waals surface area contributed by atoms with E-state index >= 15 is 0 Å². The van der Waals surface area contributed by atoms with Crippen LogP contribution < -0.4 is 0 Å². The van der Waals surface area contributed by atoms with Gasteiger partial charge in [0.05, 0.1) is 18.8 Å². The van der Waals surface area contributed by atoms with Gasteiger partial charge in [-0.2, -0.15) is 0 Å². The van der Waals surface area contributed by atoms with Gasteiger partial charge in [0.2, 0.25) is 0 Å². The molecule has 0 aromatic heterocycles. The summed E-state index contributed by atoms with van der Waals surface area (Å²) < 4.78 is 5.78. The van der Waals surface area contributed by atoms with Crippen molar-refractivity contribution in [2.75, 3.05) is 32.8 Å². The lowest BCUT2D eigenvalue weighted by Crippen LogP contribution is -2.39. The first-order chi connectivity index (χ1) is 24.0. The molecule has 49 heavy (non-hydrogen) atoms. The van der Waals surface area contributed by atoms with Gasteiger partial charge in [-0.1, -0.05) is 175 Å². The fourth-order valence-electron chi connectivity index (χ4n) is 7.04. The van der Waals surface area contributed by atoms with Crippen LogP contribution in [0, 0.1) is 5.92 Å². The summed E-state index contributed by atoms with van der Waals surface area (Å²) >= 11 is 0. The summed E-state index contributed by atoms with van der Waals surface area (Å²) in [6.45, 7) is 9.25. The average molecular weight is 698 g/mol. The third kappa shape index (κ3) is 35.5. The van der Waals surface area contributed by atoms with E-state index in [9.17, 15) is 20.1 Å². The molecule has 0 amide bonds. The fourth-order valence-corrected chi connectivity index (χ4v) is 7.04. The second kappa shape index (κ2) is 38.5. The van der Waals surface area contributed by atoms with E-state index in [4.69, 9.17) is 4.74 Å². The van der Waals surface area contributed by atoms with E-state index in [0.717, 1.165) is 32.1 Å². The van der Waals surface area contributed by atoms with Crippen molar-refractivity contribution in [2.24, 2.45) is 5.92 Å². The molecule has 6 heteroatoms. The van der Waals surface area contributed by atoms with Crippen LogP contribution >= 0.6 is 0 Å². The van der Waals surface area contributed by atoms with Crippen LogP contribution in [0.3, 0.4) is 0 Å². The zero-order valence-corrected chi connectivity index (χ0v) is 33.3. The topological polar surface area (TPSA) is 90.2 Å². The molecule has 0 saturated heterocycles. The molecule has 3 N–H and O–H groups in total. The van der Waals surface area contributed by atoms with Gasteiger partial charge in [0.25, 0.3) is 0 Å². The highest BCUT2D eigenvalue weighted by atomic mass is 16.5. The van der Waals surface area contributed by atoms with Crippen LogP contribution in [0.25, 0.3) is 0 Å². The van der Waals surface area contributed by atoms with Crippen LogP contribution in [0.4, 0.5) is 0 Å². The predicted molar refractivity (Wildman–Crippen MR) is 210 cm³/mol. The van der Waals surface area contributed by atoms with Crippen molar-refractivity contribution < 1.29 is 24.9 Å². The number of rotatable bonds is 40. The Bertz CT molecular complexity index is 646. The molecule has 0 bridgehead atoms. The lowest BCUT2D eigenvalue weighted by atomic mass is 9.94. The predicted octanol–water partition coefficient (Wildman–Crippen LogP) is 11.3. The van der Waals surface area contributed by atoms with E-state index in [1.165, 1.54) is 148 Å². The highest BCUT2D eigenvalue weighted by Gasteiger charge is 2.16. The number of nitrogens with zero attached hydrogens (tertiary/aromatic N) is 1. The Labute approximate surface area is 305 Å². The molecule has 0 aliphatic carbocycles. The molecule has 2 unspecified atom stereocenters. The molecular weight excluding hydrogens is 610 g/mol. The van der Waals surface area contributed by atoms with Crippen LogP contribution in [-0.4, -0.2) is 71.2 Å². The number of hydrogen-bond acceptors (Lipinski definition) is 6. The minimum atomic E-state index is -0.458. The first-order valence-corrected chi connectivity index (χ1v) is 21.8. The van der Waals surface area contributed by atoms with Crippen molar-refractivity contribution in [2.45, 2.75) is 232 Å². The largest absolute Gasteiger partial charge is 0.465 e. The summed E-state index contributed by atoms with van der Waals surface area (Å²) in [6, 6.07) is 0. The number of carbonyl (C=O) groups excluding carboxylic acids is 1. The Morgan fingerprint density at radius 2 is 0.878 bits per heavy atom. The standard InChI is InChI=1S/C43H87NO5/c1-4-7-10-13-16-17-18-19-22-26-32-41(46)37-44(35-29-36-45)38-42(47)33-27-23-28-34-43(48)49-39-40(30-24-20-14-11-8-5-2)31-25-21-15-12-9-6-3/h40-42,45-47H,4-39H2,1-3H3. The monoisotopic (exact) mass is 698 g/mol. The number of hydrogen-bond donors (Lipinski definition) is 3. The fraction of sp³-hybridized carbons (Fsp3) is 0.977. The Morgan fingerprint density at radius 1 is 0.510 bits per heavy atom. The van der Waals surface area contributed by atoms with Gasteiger partial charge in [-0.15, -0.1) is 0 Å². The third-order valence-corrected chi connectivity index (χ3v) is 10.3. The minimum Gasteiger partial charge on any atom is -0.465 e. The van der Waals surface area contributed by atoms with E-state index in [0.29, 0.717) is 51.4 Å². The van der Waals surface area contributed by atoms with Gasteiger partial charge >= 0.3 is 5.97 Å².